The van der Waals surface area contributed by atoms with Gasteiger partial charge in [0, 0.05) is 20.7 Å². The SMILES string of the molecule is CN=C(NCc1ccco1)NCC(OC)c1ccc(F)cc1.I. The number of guanidine groups is 1. The predicted octanol–water partition coefficient (Wildman–Crippen LogP) is 3.09. The maximum absolute atomic E-state index is 13.0. The van der Waals surface area contributed by atoms with Gasteiger partial charge in [0.1, 0.15) is 11.6 Å². The highest BCUT2D eigenvalue weighted by Crippen LogP contribution is 2.16. The molecule has 1 heterocycles. The Morgan fingerprint density at radius 3 is 2.57 bits per heavy atom. The number of nitrogens with one attached hydrogen (secondary N) is 2. The second kappa shape index (κ2) is 10.2. The molecule has 0 amide bonds. The normalized spacial score (nSPS) is 12.4. The Morgan fingerprint density at radius 2 is 2.00 bits per heavy atom. The first-order valence-electron chi connectivity index (χ1n) is 6.98. The van der Waals surface area contributed by atoms with Gasteiger partial charge in [-0.05, 0) is 29.8 Å². The molecule has 0 spiro atoms. The van der Waals surface area contributed by atoms with Gasteiger partial charge in [-0.15, -0.1) is 24.0 Å². The highest BCUT2D eigenvalue weighted by atomic mass is 127. The Balaban J connectivity index is 0.00000264. The molecular weight excluding hydrogens is 412 g/mol. The first-order valence-corrected chi connectivity index (χ1v) is 6.98. The Bertz CT molecular complexity index is 588. The maximum Gasteiger partial charge on any atom is 0.191 e. The zero-order valence-corrected chi connectivity index (χ0v) is 15.4. The number of nitrogens with zero attached hydrogens (tertiary/aromatic N) is 1. The molecule has 0 fully saturated rings. The summed E-state index contributed by atoms with van der Waals surface area (Å²) in [4.78, 5) is 4.14. The molecule has 5 nitrogen and oxygen atoms in total. The number of halogens is 2. The Morgan fingerprint density at radius 1 is 1.26 bits per heavy atom. The lowest BCUT2D eigenvalue weighted by Crippen LogP contribution is -2.39. The summed E-state index contributed by atoms with van der Waals surface area (Å²) >= 11 is 0. The Labute approximate surface area is 152 Å². The lowest BCUT2D eigenvalue weighted by molar-refractivity contribution is 0.106. The molecule has 1 aromatic carbocycles. The molecule has 0 aliphatic carbocycles. The number of hydrogen-bond donors (Lipinski definition) is 2. The number of rotatable bonds is 6. The fraction of sp³-hybridized carbons (Fsp3) is 0.312. The van der Waals surface area contributed by atoms with Crippen LogP contribution in [0.15, 0.2) is 52.1 Å². The molecule has 1 unspecified atom stereocenters. The highest BCUT2D eigenvalue weighted by molar-refractivity contribution is 14.0. The van der Waals surface area contributed by atoms with E-state index in [0.29, 0.717) is 19.0 Å². The van der Waals surface area contributed by atoms with Crippen LogP contribution in [-0.2, 0) is 11.3 Å². The smallest absolute Gasteiger partial charge is 0.191 e. The predicted molar refractivity (Wildman–Crippen MR) is 98.5 cm³/mol. The van der Waals surface area contributed by atoms with Crippen LogP contribution >= 0.6 is 24.0 Å². The standard InChI is InChI=1S/C16H20FN3O2.HI/c1-18-16(19-10-14-4-3-9-22-14)20-11-15(21-2)12-5-7-13(17)8-6-12;/h3-9,15H,10-11H2,1-2H3,(H2,18,19,20);1H. The van der Waals surface area contributed by atoms with Gasteiger partial charge in [-0.1, -0.05) is 12.1 Å². The van der Waals surface area contributed by atoms with Crippen molar-refractivity contribution in [3.8, 4) is 0 Å². The molecule has 2 rings (SSSR count). The summed E-state index contributed by atoms with van der Waals surface area (Å²) in [6, 6.07) is 9.99. The van der Waals surface area contributed by atoms with Gasteiger partial charge in [0.15, 0.2) is 5.96 Å². The number of methoxy groups -OCH3 is 1. The average Bonchev–Trinajstić information content (AvgIpc) is 3.05. The molecule has 23 heavy (non-hydrogen) atoms. The van der Waals surface area contributed by atoms with Crippen molar-refractivity contribution >= 4 is 29.9 Å². The van der Waals surface area contributed by atoms with Gasteiger partial charge in [-0.25, -0.2) is 4.39 Å². The highest BCUT2D eigenvalue weighted by Gasteiger charge is 2.11. The van der Waals surface area contributed by atoms with E-state index < -0.39 is 0 Å². The fourth-order valence-corrected chi connectivity index (χ4v) is 2.01. The zero-order chi connectivity index (χ0) is 15.8. The topological polar surface area (TPSA) is 58.8 Å². The number of benzene rings is 1. The quantitative estimate of drug-likeness (QED) is 0.418. The maximum atomic E-state index is 13.0. The molecule has 0 radical (unpaired) electrons. The molecule has 1 atom stereocenters. The van der Waals surface area contributed by atoms with Crippen molar-refractivity contribution in [1.29, 1.82) is 0 Å². The van der Waals surface area contributed by atoms with Crippen LogP contribution in [0.1, 0.15) is 17.4 Å². The van der Waals surface area contributed by atoms with Gasteiger partial charge in [0.2, 0.25) is 0 Å². The molecule has 0 aliphatic heterocycles. The van der Waals surface area contributed by atoms with E-state index in [2.05, 4.69) is 15.6 Å². The van der Waals surface area contributed by atoms with Gasteiger partial charge in [-0.2, -0.15) is 0 Å². The van der Waals surface area contributed by atoms with Gasteiger partial charge in [0.25, 0.3) is 0 Å². The molecule has 0 bridgehead atoms. The first kappa shape index (κ1) is 19.4. The van der Waals surface area contributed by atoms with Crippen molar-refractivity contribution in [2.45, 2.75) is 12.6 Å². The van der Waals surface area contributed by atoms with E-state index in [0.717, 1.165) is 11.3 Å². The summed E-state index contributed by atoms with van der Waals surface area (Å²) in [6.45, 7) is 1.06. The molecule has 2 N–H and O–H groups in total. The van der Waals surface area contributed by atoms with Crippen LogP contribution in [0.2, 0.25) is 0 Å². The van der Waals surface area contributed by atoms with Crippen LogP contribution in [-0.4, -0.2) is 26.7 Å². The summed E-state index contributed by atoms with van der Waals surface area (Å²) in [7, 11) is 3.31. The van der Waals surface area contributed by atoms with E-state index in [1.54, 1.807) is 32.6 Å². The molecule has 0 aliphatic rings. The summed E-state index contributed by atoms with van der Waals surface area (Å²) in [6.07, 6.45) is 1.44. The van der Waals surface area contributed by atoms with E-state index in [4.69, 9.17) is 9.15 Å². The summed E-state index contributed by atoms with van der Waals surface area (Å²) in [5, 5.41) is 6.32. The van der Waals surface area contributed by atoms with Crippen molar-refractivity contribution in [2.24, 2.45) is 4.99 Å². The van der Waals surface area contributed by atoms with Crippen molar-refractivity contribution < 1.29 is 13.5 Å². The molecule has 126 valence electrons. The van der Waals surface area contributed by atoms with Gasteiger partial charge < -0.3 is 19.8 Å². The second-order valence-corrected chi connectivity index (χ2v) is 4.66. The van der Waals surface area contributed by atoms with Gasteiger partial charge in [-0.3, -0.25) is 4.99 Å². The van der Waals surface area contributed by atoms with E-state index in [1.165, 1.54) is 12.1 Å². The molecule has 1 aromatic heterocycles. The zero-order valence-electron chi connectivity index (χ0n) is 13.1. The number of hydrogen-bond acceptors (Lipinski definition) is 3. The van der Waals surface area contributed by atoms with Crippen molar-refractivity contribution in [3.05, 3.63) is 59.8 Å². The minimum atomic E-state index is -0.262. The van der Waals surface area contributed by atoms with Crippen LogP contribution < -0.4 is 10.6 Å². The van der Waals surface area contributed by atoms with Gasteiger partial charge >= 0.3 is 0 Å². The third kappa shape index (κ3) is 6.19. The van der Waals surface area contributed by atoms with Crippen LogP contribution in [0.25, 0.3) is 0 Å². The second-order valence-electron chi connectivity index (χ2n) is 4.66. The van der Waals surface area contributed by atoms with E-state index in [9.17, 15) is 4.39 Å². The monoisotopic (exact) mass is 433 g/mol. The van der Waals surface area contributed by atoms with Crippen molar-refractivity contribution in [2.75, 3.05) is 20.7 Å². The van der Waals surface area contributed by atoms with E-state index in [1.807, 2.05) is 12.1 Å². The van der Waals surface area contributed by atoms with Gasteiger partial charge in [0.05, 0.1) is 18.9 Å². The third-order valence-electron chi connectivity index (χ3n) is 3.21. The van der Waals surface area contributed by atoms with Crippen LogP contribution in [0.5, 0.6) is 0 Å². The van der Waals surface area contributed by atoms with E-state index in [-0.39, 0.29) is 35.9 Å². The molecule has 0 saturated heterocycles. The first-order chi connectivity index (χ1) is 10.7. The number of ether oxygens (including phenoxy) is 1. The lowest BCUT2D eigenvalue weighted by Gasteiger charge is -2.18. The van der Waals surface area contributed by atoms with Crippen LogP contribution in [0.3, 0.4) is 0 Å². The van der Waals surface area contributed by atoms with Crippen molar-refractivity contribution in [3.63, 3.8) is 0 Å². The third-order valence-corrected chi connectivity index (χ3v) is 3.21. The van der Waals surface area contributed by atoms with Crippen LogP contribution in [0.4, 0.5) is 4.39 Å². The summed E-state index contributed by atoms with van der Waals surface area (Å²) in [5.41, 5.74) is 0.901. The summed E-state index contributed by atoms with van der Waals surface area (Å²) < 4.78 is 23.6. The Hall–Kier alpha value is -1.61. The summed E-state index contributed by atoms with van der Waals surface area (Å²) in [5.74, 6) is 1.20. The minimum absolute atomic E-state index is 0. The Kier molecular flexibility index (Phi) is 8.64. The molecule has 2 aromatic rings. The lowest BCUT2D eigenvalue weighted by atomic mass is 10.1. The molecular formula is C16H21FIN3O2. The van der Waals surface area contributed by atoms with Crippen LogP contribution in [0, 0.1) is 5.82 Å². The fourth-order valence-electron chi connectivity index (χ4n) is 2.01. The minimum Gasteiger partial charge on any atom is -0.467 e. The largest absolute Gasteiger partial charge is 0.467 e. The van der Waals surface area contributed by atoms with E-state index >= 15 is 0 Å². The molecule has 7 heteroatoms. The number of furan rings is 1. The number of aliphatic imine (C=N–C) groups is 1. The average molecular weight is 433 g/mol. The van der Waals surface area contributed by atoms with Crippen molar-refractivity contribution in [1.82, 2.24) is 10.6 Å². The molecule has 0 saturated carbocycles.